The van der Waals surface area contributed by atoms with Crippen LogP contribution < -0.4 is 23.7 Å². The van der Waals surface area contributed by atoms with Gasteiger partial charge in [-0.3, -0.25) is 19.9 Å². The van der Waals surface area contributed by atoms with Gasteiger partial charge in [-0.05, 0) is 29.8 Å². The van der Waals surface area contributed by atoms with Crippen LogP contribution in [0, 0.1) is 10.2 Å². The standard InChI is InChI=1S/C14H14N2O.C12H8N2.ClHO4.Cu/c17-14-7-2-1-5-12(14)11-15-10-8-13-6-3-4-9-16-13;1-3-9-5-6-10-4-2-8-14-12(10)11(9)13-7-1;2-1(3,4)5;/h1-7,9,11,17H,8,10H2;1-8H;(H,2,3,4,5);/q;;;+2/p-2. The molecule has 0 N–H and O–H groups in total. The maximum absolute atomic E-state index is 11.4. The Morgan fingerprint density at radius 1 is 0.676 bits per heavy atom. The number of aromatic nitrogens is 3. The molecule has 3 aromatic heterocycles. The van der Waals surface area contributed by atoms with Gasteiger partial charge >= 0.3 is 17.1 Å². The second-order valence-electron chi connectivity index (χ2n) is 7.24. The molecule has 5 rings (SSSR count). The second kappa shape index (κ2) is 14.9. The van der Waals surface area contributed by atoms with Gasteiger partial charge in [-0.25, -0.2) is 18.6 Å². The first-order chi connectivity index (χ1) is 17.3. The Morgan fingerprint density at radius 3 is 1.76 bits per heavy atom. The molecule has 0 atom stereocenters. The summed E-state index contributed by atoms with van der Waals surface area (Å²) < 4.78 is 34.0. The van der Waals surface area contributed by atoms with E-state index in [0.717, 1.165) is 33.9 Å². The van der Waals surface area contributed by atoms with E-state index in [4.69, 9.17) is 18.6 Å². The molecule has 5 aromatic rings. The zero-order chi connectivity index (χ0) is 25.8. The number of nitrogens with zero attached hydrogens (tertiary/aromatic N) is 4. The molecule has 0 unspecified atom stereocenters. The Morgan fingerprint density at radius 2 is 1.22 bits per heavy atom. The number of halogens is 1. The van der Waals surface area contributed by atoms with Gasteiger partial charge in [0, 0.05) is 54.2 Å². The van der Waals surface area contributed by atoms with Gasteiger partial charge in [0.15, 0.2) is 0 Å². The Kier molecular flexibility index (Phi) is 12.0. The van der Waals surface area contributed by atoms with E-state index < -0.39 is 10.2 Å². The molecule has 0 fully saturated rings. The third-order valence-electron chi connectivity index (χ3n) is 4.72. The molecule has 0 saturated heterocycles. The number of pyridine rings is 3. The molecule has 0 aliphatic heterocycles. The zero-order valence-corrected chi connectivity index (χ0v) is 20.9. The Labute approximate surface area is 226 Å². The Bertz CT molecular complexity index is 1360. The van der Waals surface area contributed by atoms with Crippen LogP contribution in [0.2, 0.25) is 0 Å². The fourth-order valence-corrected chi connectivity index (χ4v) is 3.15. The summed E-state index contributed by atoms with van der Waals surface area (Å²) in [5, 5.41) is 13.7. The summed E-state index contributed by atoms with van der Waals surface area (Å²) in [5.41, 5.74) is 3.60. The van der Waals surface area contributed by atoms with Crippen molar-refractivity contribution < 1.29 is 51.1 Å². The van der Waals surface area contributed by atoms with Crippen molar-refractivity contribution in [2.24, 2.45) is 4.99 Å². The van der Waals surface area contributed by atoms with Crippen molar-refractivity contribution in [3.05, 3.63) is 109 Å². The summed E-state index contributed by atoms with van der Waals surface area (Å²) in [7, 11) is -4.94. The van der Waals surface area contributed by atoms with E-state index in [-0.39, 0.29) is 22.8 Å². The summed E-state index contributed by atoms with van der Waals surface area (Å²) in [6.45, 7) is 0.644. The third kappa shape index (κ3) is 10.6. The topological polar surface area (TPSA) is 166 Å². The second-order valence-corrected chi connectivity index (χ2v) is 7.99. The van der Waals surface area contributed by atoms with Crippen LogP contribution in [0.4, 0.5) is 0 Å². The molecule has 0 bridgehead atoms. The average Bonchev–Trinajstić information content (AvgIpc) is 2.88. The molecule has 0 amide bonds. The fourth-order valence-electron chi connectivity index (χ4n) is 3.15. The SMILES string of the molecule is [Cu+2].[O-][Cl+3]([O-])([O-])[O-].[O-]c1ccccc1C=NCCc1ccccn1.c1cnc2c(c1)ccc1cccnc12. The number of aliphatic imine (C=N–C) groups is 1. The van der Waals surface area contributed by atoms with Crippen molar-refractivity contribution in [2.45, 2.75) is 6.42 Å². The summed E-state index contributed by atoms with van der Waals surface area (Å²) in [6, 6.07) is 24.8. The van der Waals surface area contributed by atoms with Crippen molar-refractivity contribution in [3.8, 4) is 5.75 Å². The quantitative estimate of drug-likeness (QED) is 0.164. The van der Waals surface area contributed by atoms with Gasteiger partial charge in [0.05, 0.1) is 11.0 Å². The summed E-state index contributed by atoms with van der Waals surface area (Å²) in [6.07, 6.45) is 7.79. The van der Waals surface area contributed by atoms with Gasteiger partial charge in [-0.2, -0.15) is 0 Å². The molecule has 0 aliphatic rings. The predicted molar refractivity (Wildman–Crippen MR) is 123 cm³/mol. The molecule has 193 valence electrons. The van der Waals surface area contributed by atoms with Crippen LogP contribution in [0.25, 0.3) is 21.8 Å². The molecule has 0 aliphatic carbocycles. The van der Waals surface area contributed by atoms with Crippen LogP contribution in [-0.2, 0) is 23.5 Å². The van der Waals surface area contributed by atoms with Gasteiger partial charge < -0.3 is 5.11 Å². The first-order valence-corrected chi connectivity index (χ1v) is 11.9. The van der Waals surface area contributed by atoms with Crippen molar-refractivity contribution >= 4 is 28.0 Å². The van der Waals surface area contributed by atoms with Gasteiger partial charge in [0.25, 0.3) is 0 Å². The number of hydrogen-bond acceptors (Lipinski definition) is 9. The largest absolute Gasteiger partial charge is 2.00 e. The van der Waals surface area contributed by atoms with E-state index in [0.29, 0.717) is 12.1 Å². The van der Waals surface area contributed by atoms with Crippen LogP contribution in [0.15, 0.2) is 102 Å². The van der Waals surface area contributed by atoms with Gasteiger partial charge in [-0.15, -0.1) is 16.0 Å². The van der Waals surface area contributed by atoms with Crippen LogP contribution in [-0.4, -0.2) is 27.7 Å². The van der Waals surface area contributed by atoms with E-state index in [9.17, 15) is 5.11 Å². The average molecular weight is 568 g/mol. The first kappa shape index (κ1) is 29.8. The molecular formula is C26H21ClCuN4O5. The predicted octanol–water partition coefficient (Wildman–Crippen LogP) is -0.159. The van der Waals surface area contributed by atoms with E-state index in [2.05, 4.69) is 44.2 Å². The molecule has 2 aromatic carbocycles. The minimum atomic E-state index is -4.94. The third-order valence-corrected chi connectivity index (χ3v) is 4.72. The number of rotatable bonds is 4. The maximum atomic E-state index is 11.4. The van der Waals surface area contributed by atoms with Gasteiger partial charge in [0.2, 0.25) is 0 Å². The van der Waals surface area contributed by atoms with Crippen LogP contribution in [0.1, 0.15) is 11.3 Å². The minimum Gasteiger partial charge on any atom is -0.872 e. The maximum Gasteiger partial charge on any atom is 2.00 e. The molecule has 3 heterocycles. The van der Waals surface area contributed by atoms with Crippen LogP contribution in [0.5, 0.6) is 5.75 Å². The van der Waals surface area contributed by atoms with Crippen molar-refractivity contribution in [3.63, 3.8) is 0 Å². The van der Waals surface area contributed by atoms with E-state index in [1.807, 2.05) is 36.4 Å². The molecule has 9 nitrogen and oxygen atoms in total. The molecule has 11 heteroatoms. The normalized spacial score (nSPS) is 10.7. The van der Waals surface area contributed by atoms with Gasteiger partial charge in [-0.1, -0.05) is 54.6 Å². The molecule has 0 saturated carbocycles. The number of para-hydroxylation sites is 1. The molecule has 37 heavy (non-hydrogen) atoms. The van der Waals surface area contributed by atoms with E-state index in [1.54, 1.807) is 43.0 Å². The molecule has 0 spiro atoms. The minimum absolute atomic E-state index is 0. The fraction of sp³-hybridized carbons (Fsp3) is 0.0769. The number of fused-ring (bicyclic) bond motifs is 3. The van der Waals surface area contributed by atoms with Crippen LogP contribution in [0.3, 0.4) is 0 Å². The zero-order valence-electron chi connectivity index (χ0n) is 19.2. The molecular weight excluding hydrogens is 547 g/mol. The van der Waals surface area contributed by atoms with Crippen molar-refractivity contribution in [2.75, 3.05) is 6.54 Å². The number of hydrogen-bond donors (Lipinski definition) is 0. The van der Waals surface area contributed by atoms with Gasteiger partial charge in [0.1, 0.15) is 0 Å². The van der Waals surface area contributed by atoms with Crippen LogP contribution >= 0.6 is 0 Å². The van der Waals surface area contributed by atoms with E-state index >= 15 is 0 Å². The summed E-state index contributed by atoms with van der Waals surface area (Å²) >= 11 is 0. The van der Waals surface area contributed by atoms with Crippen molar-refractivity contribution in [1.82, 2.24) is 15.0 Å². The first-order valence-electron chi connectivity index (χ1n) is 10.7. The smallest absolute Gasteiger partial charge is 0.872 e. The van der Waals surface area contributed by atoms with E-state index in [1.165, 1.54) is 0 Å². The van der Waals surface area contributed by atoms with Crippen molar-refractivity contribution in [1.29, 1.82) is 0 Å². The monoisotopic (exact) mass is 567 g/mol. The summed E-state index contributed by atoms with van der Waals surface area (Å²) in [5.74, 6) is 0.00841. The number of benzene rings is 2. The summed E-state index contributed by atoms with van der Waals surface area (Å²) in [4.78, 5) is 17.1. The molecule has 1 radical (unpaired) electrons. The Hall–Kier alpha value is -3.47. The Balaban J connectivity index is 0.000000218.